The Morgan fingerprint density at radius 1 is 1.50 bits per heavy atom. The Labute approximate surface area is 132 Å². The molecule has 0 fully saturated rings. The molecule has 0 atom stereocenters. The predicted molar refractivity (Wildman–Crippen MR) is 51.7 cm³/mol. The van der Waals surface area contributed by atoms with Gasteiger partial charge in [0.2, 0.25) is 5.12 Å². The molecular weight excluding hydrogens is 396 g/mol. The third kappa shape index (κ3) is 5.17. The van der Waals surface area contributed by atoms with Gasteiger partial charge >= 0.3 is 29.6 Å². The van der Waals surface area contributed by atoms with E-state index in [0.29, 0.717) is 5.56 Å². The summed E-state index contributed by atoms with van der Waals surface area (Å²) in [4.78, 5) is 11.3. The molecule has 0 bridgehead atoms. The maximum atomic E-state index is 11.3. The molecule has 2 nitrogen and oxygen atoms in total. The maximum absolute atomic E-state index is 11.3. The zero-order valence-corrected chi connectivity index (χ0v) is 16.8. The smallest absolute Gasteiger partial charge is 1.00 e. The van der Waals surface area contributed by atoms with E-state index in [9.17, 15) is 9.90 Å². The number of benzene rings is 1. The molecule has 0 saturated carbocycles. The second-order valence-electron chi connectivity index (χ2n) is 2.24. The summed E-state index contributed by atoms with van der Waals surface area (Å²) in [6.45, 7) is 1.91. The van der Waals surface area contributed by atoms with Crippen molar-refractivity contribution in [3.8, 4) is 5.75 Å². The molecule has 1 N–H and O–H groups in total. The van der Waals surface area contributed by atoms with E-state index in [1.165, 1.54) is 17.8 Å². The van der Waals surface area contributed by atoms with Gasteiger partial charge in [0.25, 0.3) is 0 Å². The number of phenolic OH excluding ortho intramolecular Hbond substituents is 1. The number of carbonyl (C=O) groups is 1. The zero-order valence-electron chi connectivity index (χ0n) is 9.49. The molecular formula is C9H11HgNaO2S. The van der Waals surface area contributed by atoms with Gasteiger partial charge in [-0.25, -0.2) is 0 Å². The van der Waals surface area contributed by atoms with Crippen molar-refractivity contribution in [1.29, 1.82) is 0 Å². The van der Waals surface area contributed by atoms with Crippen LogP contribution < -0.4 is 29.6 Å². The zero-order chi connectivity index (χ0) is 8.97. The quantitative estimate of drug-likeness (QED) is 0.667. The molecule has 0 amide bonds. The van der Waals surface area contributed by atoms with E-state index in [1.54, 1.807) is 18.2 Å². The fraction of sp³-hybridized carbons (Fsp3) is 0.222. The molecule has 0 aromatic heterocycles. The predicted octanol–water partition coefficient (Wildman–Crippen LogP) is -0.600. The van der Waals surface area contributed by atoms with Crippen LogP contribution >= 0.6 is 11.8 Å². The van der Waals surface area contributed by atoms with Crippen molar-refractivity contribution in [2.24, 2.45) is 0 Å². The van der Waals surface area contributed by atoms with Gasteiger partial charge in [-0.15, -0.1) is 0 Å². The Kier molecular flexibility index (Phi) is 11.4. The minimum atomic E-state index is -0.0735. The van der Waals surface area contributed by atoms with E-state index in [-0.39, 0.29) is 69.5 Å². The van der Waals surface area contributed by atoms with Crippen LogP contribution in [0.3, 0.4) is 0 Å². The van der Waals surface area contributed by atoms with Gasteiger partial charge in [0.05, 0.1) is 5.56 Å². The third-order valence-corrected chi connectivity index (χ3v) is 2.17. The van der Waals surface area contributed by atoms with Gasteiger partial charge < -0.3 is 6.53 Å². The average Bonchev–Trinajstić information content (AvgIpc) is 2.05. The Morgan fingerprint density at radius 3 is 2.57 bits per heavy atom. The average molecular weight is 407 g/mol. The molecule has 0 heterocycles. The number of carbonyl (C=O) groups excluding carboxylic acids is 1. The molecule has 0 aliphatic rings. The monoisotopic (exact) mass is 408 g/mol. The van der Waals surface area contributed by atoms with Crippen molar-refractivity contribution < 1.29 is 68.6 Å². The first-order valence-corrected chi connectivity index (χ1v) is 4.69. The molecule has 5 heteroatoms. The van der Waals surface area contributed by atoms with E-state index in [2.05, 4.69) is 0 Å². The van der Waals surface area contributed by atoms with Crippen molar-refractivity contribution in [3.63, 3.8) is 0 Å². The van der Waals surface area contributed by atoms with E-state index < -0.39 is 0 Å². The van der Waals surface area contributed by atoms with E-state index >= 15 is 0 Å². The van der Waals surface area contributed by atoms with Crippen LogP contribution in [0.25, 0.3) is 0 Å². The van der Waals surface area contributed by atoms with Gasteiger partial charge in [0.1, 0.15) is 5.75 Å². The molecule has 0 aliphatic heterocycles. The van der Waals surface area contributed by atoms with Crippen LogP contribution in [0.2, 0.25) is 0 Å². The van der Waals surface area contributed by atoms with Gasteiger partial charge in [-0.2, -0.15) is 0 Å². The summed E-state index contributed by atoms with van der Waals surface area (Å²) in [6, 6.07) is 6.58. The first kappa shape index (κ1) is 17.4. The molecule has 0 radical (unpaired) electrons. The summed E-state index contributed by atoms with van der Waals surface area (Å²) >= 11 is 1.20. The molecule has 0 unspecified atom stereocenters. The van der Waals surface area contributed by atoms with Crippen LogP contribution in [-0.4, -0.2) is 16.0 Å². The number of aromatic hydroxyl groups is 1. The van der Waals surface area contributed by atoms with Gasteiger partial charge in [0.15, 0.2) is 0 Å². The summed E-state index contributed by atoms with van der Waals surface area (Å²) in [5, 5.41) is 9.20. The molecule has 1 rings (SSSR count). The van der Waals surface area contributed by atoms with Crippen LogP contribution in [0, 0.1) is 0 Å². The van der Waals surface area contributed by atoms with Crippen LogP contribution in [0.4, 0.5) is 0 Å². The van der Waals surface area contributed by atoms with Crippen molar-refractivity contribution in [2.45, 2.75) is 6.92 Å². The molecule has 1 aromatic carbocycles. The number of phenols is 1. The summed E-state index contributed by atoms with van der Waals surface area (Å²) in [6.07, 6.45) is 0. The van der Waals surface area contributed by atoms with Gasteiger partial charge in [-0.05, 0) is 17.9 Å². The number of hydrogen-bond donors (Lipinski definition) is 1. The van der Waals surface area contributed by atoms with Crippen molar-refractivity contribution in [2.75, 3.05) is 5.75 Å². The molecule has 0 spiro atoms. The standard InChI is InChI=1S/C9H10O2S.Hg.Na.H/c1-2-12-9(11)7-5-3-4-6-8(7)10;;;/h3-6,10H,2H2,1H3;;;/q;;+1;-1. The maximum Gasteiger partial charge on any atom is 1.00 e. The Morgan fingerprint density at radius 2 is 2.07 bits per heavy atom. The number of hydrogen-bond acceptors (Lipinski definition) is 3. The molecule has 14 heavy (non-hydrogen) atoms. The van der Waals surface area contributed by atoms with Gasteiger partial charge in [-0.1, -0.05) is 30.8 Å². The van der Waals surface area contributed by atoms with E-state index in [0.717, 1.165) is 5.75 Å². The van der Waals surface area contributed by atoms with E-state index in [4.69, 9.17) is 0 Å². The Balaban J connectivity index is -0.000000480. The normalized spacial score (nSPS) is 8.36. The topological polar surface area (TPSA) is 37.3 Å². The van der Waals surface area contributed by atoms with Crippen molar-refractivity contribution in [3.05, 3.63) is 29.8 Å². The minimum Gasteiger partial charge on any atom is -1.00 e. The van der Waals surface area contributed by atoms with Crippen LogP contribution in [0.15, 0.2) is 24.3 Å². The first-order valence-electron chi connectivity index (χ1n) is 3.70. The molecule has 0 saturated heterocycles. The number of thioether (sulfide) groups is 1. The molecule has 0 aliphatic carbocycles. The molecule has 68 valence electrons. The summed E-state index contributed by atoms with van der Waals surface area (Å²) < 4.78 is 0. The minimum absolute atomic E-state index is 0. The third-order valence-electron chi connectivity index (χ3n) is 1.40. The van der Waals surface area contributed by atoms with Crippen LogP contribution in [0.5, 0.6) is 5.75 Å². The second-order valence-corrected chi connectivity index (χ2v) is 3.47. The largest absolute Gasteiger partial charge is 1.00 e. The van der Waals surface area contributed by atoms with Crippen molar-refractivity contribution >= 4 is 16.9 Å². The SMILES string of the molecule is CCSC(=O)c1ccccc1O.[H-].[Hg].[Na+]. The fourth-order valence-corrected chi connectivity index (χ4v) is 1.45. The van der Waals surface area contributed by atoms with Gasteiger partial charge in [-0.3, -0.25) is 4.79 Å². The van der Waals surface area contributed by atoms with Crippen molar-refractivity contribution in [1.82, 2.24) is 0 Å². The second kappa shape index (κ2) is 9.22. The van der Waals surface area contributed by atoms with E-state index in [1.807, 2.05) is 6.92 Å². The van der Waals surface area contributed by atoms with Crippen LogP contribution in [0.1, 0.15) is 18.7 Å². The Bertz CT molecular complexity index is 299. The Hall–Kier alpha value is 0.975. The summed E-state index contributed by atoms with van der Waals surface area (Å²) in [7, 11) is 0. The van der Waals surface area contributed by atoms with Gasteiger partial charge in [0, 0.05) is 27.7 Å². The number of rotatable bonds is 2. The summed E-state index contributed by atoms with van der Waals surface area (Å²) in [5.41, 5.74) is 0.393. The number of para-hydroxylation sites is 1. The molecule has 1 aromatic rings. The first-order chi connectivity index (χ1) is 5.75. The summed E-state index contributed by atoms with van der Waals surface area (Å²) in [5.74, 6) is 0.788. The fourth-order valence-electron chi connectivity index (χ4n) is 0.855. The van der Waals surface area contributed by atoms with Crippen LogP contribution in [-0.2, 0) is 27.7 Å².